The van der Waals surface area contributed by atoms with Crippen molar-refractivity contribution in [1.29, 1.82) is 0 Å². The summed E-state index contributed by atoms with van der Waals surface area (Å²) in [5, 5.41) is 0.254. The first-order chi connectivity index (χ1) is 6.58. The maximum atomic E-state index is 5.87. The lowest BCUT2D eigenvalue weighted by Crippen LogP contribution is -2.35. The van der Waals surface area contributed by atoms with E-state index in [0.717, 1.165) is 32.5 Å². The molecule has 0 saturated carbocycles. The Morgan fingerprint density at radius 3 is 1.64 bits per heavy atom. The van der Waals surface area contributed by atoms with Crippen LogP contribution in [0.5, 0.6) is 0 Å². The highest BCUT2D eigenvalue weighted by Crippen LogP contribution is 2.33. The molecule has 0 aliphatic carbocycles. The molecule has 0 fully saturated rings. The molecular formula is C11H26O2Si. The first kappa shape index (κ1) is 14.1. The van der Waals surface area contributed by atoms with Crippen LogP contribution in [0.15, 0.2) is 0 Å². The molecule has 0 aliphatic heterocycles. The predicted octanol–water partition coefficient (Wildman–Crippen LogP) is 3.25. The van der Waals surface area contributed by atoms with Gasteiger partial charge in [0.1, 0.15) is 0 Å². The van der Waals surface area contributed by atoms with Gasteiger partial charge < -0.3 is 8.85 Å². The van der Waals surface area contributed by atoms with Crippen LogP contribution in [0.2, 0.25) is 5.04 Å². The average Bonchev–Trinajstić information content (AvgIpc) is 2.17. The lowest BCUT2D eigenvalue weighted by molar-refractivity contribution is 0.174. The van der Waals surface area contributed by atoms with E-state index in [1.165, 1.54) is 0 Å². The van der Waals surface area contributed by atoms with Crippen LogP contribution in [0.1, 0.15) is 53.9 Å². The molecular weight excluding hydrogens is 192 g/mol. The topological polar surface area (TPSA) is 18.5 Å². The Morgan fingerprint density at radius 1 is 0.929 bits per heavy atom. The molecule has 0 atom stereocenters. The molecule has 3 heteroatoms. The Morgan fingerprint density at radius 2 is 1.36 bits per heavy atom. The Bertz CT molecular complexity index is 129. The van der Waals surface area contributed by atoms with Gasteiger partial charge in [0, 0.05) is 18.3 Å². The molecule has 0 radical (unpaired) electrons. The molecule has 0 aromatic heterocycles. The standard InChI is InChI=1S/C11H26O2Si/c1-6-9-12-14(13-10-7-2)11(4,5)8-3/h14H,6-10H2,1-5H3. The summed E-state index contributed by atoms with van der Waals surface area (Å²) in [5.41, 5.74) is 0. The molecule has 0 aromatic carbocycles. The summed E-state index contributed by atoms with van der Waals surface area (Å²) in [7, 11) is -1.48. The maximum absolute atomic E-state index is 5.87. The van der Waals surface area contributed by atoms with Gasteiger partial charge in [0.25, 0.3) is 0 Å². The van der Waals surface area contributed by atoms with Crippen molar-refractivity contribution in [1.82, 2.24) is 0 Å². The predicted molar refractivity (Wildman–Crippen MR) is 64.0 cm³/mol. The Hall–Kier alpha value is 0.137. The summed E-state index contributed by atoms with van der Waals surface area (Å²) >= 11 is 0. The highest BCUT2D eigenvalue weighted by atomic mass is 28.3. The first-order valence-corrected chi connectivity index (χ1v) is 7.33. The molecule has 0 amide bonds. The minimum atomic E-state index is -1.48. The van der Waals surface area contributed by atoms with Crippen LogP contribution >= 0.6 is 0 Å². The third kappa shape index (κ3) is 5.13. The molecule has 0 aromatic rings. The summed E-state index contributed by atoms with van der Waals surface area (Å²) in [6.45, 7) is 12.7. The van der Waals surface area contributed by atoms with Crippen LogP contribution in [-0.4, -0.2) is 22.5 Å². The van der Waals surface area contributed by atoms with Gasteiger partial charge in [0.15, 0.2) is 0 Å². The normalized spacial score (nSPS) is 12.4. The molecule has 0 spiro atoms. The van der Waals surface area contributed by atoms with E-state index in [2.05, 4.69) is 34.6 Å². The highest BCUT2D eigenvalue weighted by Gasteiger charge is 2.32. The maximum Gasteiger partial charge on any atom is 0.327 e. The molecule has 0 saturated heterocycles. The van der Waals surface area contributed by atoms with Crippen molar-refractivity contribution in [3.8, 4) is 0 Å². The van der Waals surface area contributed by atoms with Crippen molar-refractivity contribution in [2.45, 2.75) is 58.9 Å². The lowest BCUT2D eigenvalue weighted by Gasteiger charge is -2.30. The zero-order valence-electron chi connectivity index (χ0n) is 10.4. The van der Waals surface area contributed by atoms with E-state index < -0.39 is 9.28 Å². The van der Waals surface area contributed by atoms with Crippen molar-refractivity contribution in [2.24, 2.45) is 0 Å². The van der Waals surface area contributed by atoms with Gasteiger partial charge in [-0.2, -0.15) is 0 Å². The fraction of sp³-hybridized carbons (Fsp3) is 1.00. The van der Waals surface area contributed by atoms with Gasteiger partial charge in [0.2, 0.25) is 0 Å². The Balaban J connectivity index is 4.08. The van der Waals surface area contributed by atoms with Crippen LogP contribution in [0.3, 0.4) is 0 Å². The zero-order chi connectivity index (χ0) is 11.0. The molecule has 0 N–H and O–H groups in total. The summed E-state index contributed by atoms with van der Waals surface area (Å²) in [6.07, 6.45) is 3.30. The Kier molecular flexibility index (Phi) is 7.50. The van der Waals surface area contributed by atoms with Crippen molar-refractivity contribution in [2.75, 3.05) is 13.2 Å². The van der Waals surface area contributed by atoms with Gasteiger partial charge in [-0.1, -0.05) is 34.6 Å². The second-order valence-corrected chi connectivity index (χ2v) is 7.31. The number of hydrogen-bond acceptors (Lipinski definition) is 2. The third-order valence-electron chi connectivity index (χ3n) is 2.50. The van der Waals surface area contributed by atoms with Crippen molar-refractivity contribution >= 4 is 9.28 Å². The SMILES string of the molecule is CCCO[SiH](OCCC)C(C)(C)CC. The van der Waals surface area contributed by atoms with Crippen molar-refractivity contribution < 1.29 is 8.85 Å². The minimum absolute atomic E-state index is 0.254. The fourth-order valence-electron chi connectivity index (χ4n) is 1.12. The van der Waals surface area contributed by atoms with Crippen molar-refractivity contribution in [3.05, 3.63) is 0 Å². The first-order valence-electron chi connectivity index (χ1n) is 5.81. The molecule has 86 valence electrons. The van der Waals surface area contributed by atoms with E-state index in [0.29, 0.717) is 0 Å². The molecule has 2 nitrogen and oxygen atoms in total. The fourth-order valence-corrected chi connectivity index (χ4v) is 3.35. The van der Waals surface area contributed by atoms with Gasteiger partial charge in [-0.25, -0.2) is 0 Å². The summed E-state index contributed by atoms with van der Waals surface area (Å²) in [4.78, 5) is 0. The zero-order valence-corrected chi connectivity index (χ0v) is 11.6. The van der Waals surface area contributed by atoms with Crippen LogP contribution in [-0.2, 0) is 8.85 Å². The third-order valence-corrected chi connectivity index (χ3v) is 5.26. The van der Waals surface area contributed by atoms with E-state index in [4.69, 9.17) is 8.85 Å². The summed E-state index contributed by atoms with van der Waals surface area (Å²) < 4.78 is 11.7. The van der Waals surface area contributed by atoms with Gasteiger partial charge >= 0.3 is 9.28 Å². The summed E-state index contributed by atoms with van der Waals surface area (Å²) in [6, 6.07) is 0. The number of hydrogen-bond donors (Lipinski definition) is 0. The molecule has 0 heterocycles. The van der Waals surface area contributed by atoms with Gasteiger partial charge in [-0.3, -0.25) is 0 Å². The largest absolute Gasteiger partial charge is 0.396 e. The van der Waals surface area contributed by atoms with Gasteiger partial charge in [-0.05, 0) is 19.3 Å². The lowest BCUT2D eigenvalue weighted by atomic mass is 10.1. The van der Waals surface area contributed by atoms with Crippen LogP contribution in [0.25, 0.3) is 0 Å². The Labute approximate surface area is 90.8 Å². The highest BCUT2D eigenvalue weighted by molar-refractivity contribution is 6.48. The van der Waals surface area contributed by atoms with Crippen molar-refractivity contribution in [3.63, 3.8) is 0 Å². The quantitative estimate of drug-likeness (QED) is 0.582. The van der Waals surface area contributed by atoms with Gasteiger partial charge in [-0.15, -0.1) is 0 Å². The van der Waals surface area contributed by atoms with E-state index in [1.54, 1.807) is 0 Å². The molecule has 0 aliphatic rings. The number of rotatable bonds is 8. The van der Waals surface area contributed by atoms with Crippen LogP contribution < -0.4 is 0 Å². The second kappa shape index (κ2) is 7.43. The van der Waals surface area contributed by atoms with E-state index >= 15 is 0 Å². The van der Waals surface area contributed by atoms with E-state index in [1.807, 2.05) is 0 Å². The molecule has 0 bridgehead atoms. The molecule has 14 heavy (non-hydrogen) atoms. The van der Waals surface area contributed by atoms with E-state index in [-0.39, 0.29) is 5.04 Å². The molecule has 0 rings (SSSR count). The van der Waals surface area contributed by atoms with Gasteiger partial charge in [0.05, 0.1) is 0 Å². The monoisotopic (exact) mass is 218 g/mol. The molecule has 0 unspecified atom stereocenters. The van der Waals surface area contributed by atoms with Crippen LogP contribution in [0.4, 0.5) is 0 Å². The van der Waals surface area contributed by atoms with E-state index in [9.17, 15) is 0 Å². The summed E-state index contributed by atoms with van der Waals surface area (Å²) in [5.74, 6) is 0. The second-order valence-electron chi connectivity index (χ2n) is 4.42. The smallest absolute Gasteiger partial charge is 0.327 e. The average molecular weight is 218 g/mol. The minimum Gasteiger partial charge on any atom is -0.396 e. The van der Waals surface area contributed by atoms with Crippen LogP contribution in [0, 0.1) is 0 Å².